The van der Waals surface area contributed by atoms with Gasteiger partial charge in [0.2, 0.25) is 5.95 Å². The number of nitrogens with one attached hydrogen (secondary N) is 1. The number of hydrogen-bond acceptors (Lipinski definition) is 4. The monoisotopic (exact) mass is 256 g/mol. The van der Waals surface area contributed by atoms with E-state index < -0.39 is 5.97 Å². The van der Waals surface area contributed by atoms with E-state index in [1.54, 1.807) is 10.8 Å². The van der Waals surface area contributed by atoms with Crippen LogP contribution in [0.4, 0.5) is 5.95 Å². The van der Waals surface area contributed by atoms with E-state index in [0.717, 1.165) is 11.1 Å². The number of benzene rings is 1. The Hall–Kier alpha value is -2.63. The quantitative estimate of drug-likeness (QED) is 0.852. The van der Waals surface area contributed by atoms with Crippen LogP contribution in [0, 0.1) is 6.92 Å². The standard InChI is InChI=1S/C13H12N4O2/c1-8-2-4-9(5-3-8)11-6-10(12(18)19)16-13-14-7-15-17(11)13/h2-7,11H,1H3,(H,18,19)(H,14,15,16). The summed E-state index contributed by atoms with van der Waals surface area (Å²) < 4.78 is 1.66. The molecule has 0 fully saturated rings. The third-order valence-corrected chi connectivity index (χ3v) is 3.06. The minimum absolute atomic E-state index is 0.117. The van der Waals surface area contributed by atoms with Crippen molar-refractivity contribution in [1.29, 1.82) is 0 Å². The Bertz CT molecular complexity index is 658. The summed E-state index contributed by atoms with van der Waals surface area (Å²) in [5.74, 6) is -0.572. The third kappa shape index (κ3) is 1.97. The molecule has 1 aliphatic rings. The molecule has 1 atom stereocenters. The predicted octanol–water partition coefficient (Wildman–Crippen LogP) is 1.57. The summed E-state index contributed by atoms with van der Waals surface area (Å²) in [6.45, 7) is 2.01. The fourth-order valence-electron chi connectivity index (χ4n) is 2.06. The molecule has 96 valence electrons. The number of anilines is 1. The van der Waals surface area contributed by atoms with Crippen molar-refractivity contribution in [3.63, 3.8) is 0 Å². The molecular formula is C13H12N4O2. The van der Waals surface area contributed by atoms with Crippen molar-refractivity contribution in [2.24, 2.45) is 0 Å². The first kappa shape index (κ1) is 11.5. The zero-order valence-electron chi connectivity index (χ0n) is 10.2. The molecule has 2 N–H and O–H groups in total. The van der Waals surface area contributed by atoms with Crippen LogP contribution in [-0.2, 0) is 4.79 Å². The molecule has 6 heteroatoms. The van der Waals surface area contributed by atoms with Gasteiger partial charge in [0.25, 0.3) is 0 Å². The van der Waals surface area contributed by atoms with E-state index in [0.29, 0.717) is 5.95 Å². The number of hydrogen-bond donors (Lipinski definition) is 2. The second-order valence-corrected chi connectivity index (χ2v) is 4.39. The third-order valence-electron chi connectivity index (χ3n) is 3.06. The first-order chi connectivity index (χ1) is 9.15. The van der Waals surface area contributed by atoms with Crippen molar-refractivity contribution in [1.82, 2.24) is 14.8 Å². The molecular weight excluding hydrogens is 244 g/mol. The number of aromatic nitrogens is 3. The van der Waals surface area contributed by atoms with Gasteiger partial charge in [-0.3, -0.25) is 0 Å². The fourth-order valence-corrected chi connectivity index (χ4v) is 2.06. The number of aryl methyl sites for hydroxylation is 1. The summed E-state index contributed by atoms with van der Waals surface area (Å²) in [4.78, 5) is 15.1. The highest BCUT2D eigenvalue weighted by Crippen LogP contribution is 2.28. The molecule has 0 bridgehead atoms. The predicted molar refractivity (Wildman–Crippen MR) is 68.7 cm³/mol. The van der Waals surface area contributed by atoms with Crippen LogP contribution in [0.5, 0.6) is 0 Å². The number of nitrogens with zero attached hydrogens (tertiary/aromatic N) is 3. The van der Waals surface area contributed by atoms with Gasteiger partial charge in [0, 0.05) is 0 Å². The molecule has 19 heavy (non-hydrogen) atoms. The molecule has 1 aliphatic heterocycles. The number of carboxylic acid groups (broad SMARTS) is 1. The van der Waals surface area contributed by atoms with Gasteiger partial charge in [0.1, 0.15) is 18.1 Å². The van der Waals surface area contributed by atoms with Gasteiger partial charge in [-0.2, -0.15) is 10.1 Å². The van der Waals surface area contributed by atoms with Gasteiger partial charge in [-0.25, -0.2) is 9.48 Å². The van der Waals surface area contributed by atoms with Crippen LogP contribution in [0.1, 0.15) is 17.2 Å². The molecule has 0 saturated heterocycles. The van der Waals surface area contributed by atoms with E-state index in [1.807, 2.05) is 31.2 Å². The molecule has 0 amide bonds. The molecule has 0 saturated carbocycles. The van der Waals surface area contributed by atoms with Gasteiger partial charge in [-0.15, -0.1) is 0 Å². The summed E-state index contributed by atoms with van der Waals surface area (Å²) >= 11 is 0. The lowest BCUT2D eigenvalue weighted by Crippen LogP contribution is -2.24. The van der Waals surface area contributed by atoms with Gasteiger partial charge in [0.15, 0.2) is 0 Å². The average molecular weight is 256 g/mol. The average Bonchev–Trinajstić information content (AvgIpc) is 2.86. The van der Waals surface area contributed by atoms with Crippen LogP contribution in [0.15, 0.2) is 42.4 Å². The summed E-state index contributed by atoms with van der Waals surface area (Å²) in [5.41, 5.74) is 2.24. The van der Waals surface area contributed by atoms with Crippen LogP contribution in [-0.4, -0.2) is 25.8 Å². The van der Waals surface area contributed by atoms with Crippen LogP contribution >= 0.6 is 0 Å². The summed E-state index contributed by atoms with van der Waals surface area (Å²) in [5, 5.41) is 16.0. The first-order valence-corrected chi connectivity index (χ1v) is 5.83. The molecule has 0 aliphatic carbocycles. The van der Waals surface area contributed by atoms with Gasteiger partial charge in [-0.05, 0) is 18.6 Å². The van der Waals surface area contributed by atoms with E-state index >= 15 is 0 Å². The number of fused-ring (bicyclic) bond motifs is 1. The van der Waals surface area contributed by atoms with Crippen molar-refractivity contribution >= 4 is 11.9 Å². The lowest BCUT2D eigenvalue weighted by molar-refractivity contribution is -0.132. The highest BCUT2D eigenvalue weighted by molar-refractivity contribution is 5.90. The number of carboxylic acids is 1. The zero-order chi connectivity index (χ0) is 13.4. The second-order valence-electron chi connectivity index (χ2n) is 4.39. The SMILES string of the molecule is Cc1ccc(C2C=C(C(=O)O)Nc3ncnn32)cc1. The summed E-state index contributed by atoms with van der Waals surface area (Å²) in [7, 11) is 0. The van der Waals surface area contributed by atoms with E-state index in [4.69, 9.17) is 5.11 Å². The number of carbonyl (C=O) groups is 1. The Labute approximate surface area is 109 Å². The lowest BCUT2D eigenvalue weighted by Gasteiger charge is -2.22. The van der Waals surface area contributed by atoms with Crippen molar-refractivity contribution in [2.45, 2.75) is 13.0 Å². The number of allylic oxidation sites excluding steroid dienone is 1. The van der Waals surface area contributed by atoms with Gasteiger partial charge in [0.05, 0.1) is 0 Å². The topological polar surface area (TPSA) is 80.0 Å². The molecule has 3 rings (SSSR count). The number of rotatable bonds is 2. The Kier molecular flexibility index (Phi) is 2.56. The Balaban J connectivity index is 2.09. The van der Waals surface area contributed by atoms with E-state index in [-0.39, 0.29) is 11.7 Å². The fraction of sp³-hybridized carbons (Fsp3) is 0.154. The van der Waals surface area contributed by atoms with Crippen molar-refractivity contribution in [3.8, 4) is 0 Å². The van der Waals surface area contributed by atoms with E-state index in [2.05, 4.69) is 15.4 Å². The zero-order valence-corrected chi connectivity index (χ0v) is 10.2. The summed E-state index contributed by atoms with van der Waals surface area (Å²) in [6, 6.07) is 7.65. The highest BCUT2D eigenvalue weighted by Gasteiger charge is 2.25. The van der Waals surface area contributed by atoms with Gasteiger partial charge in [-0.1, -0.05) is 29.8 Å². The molecule has 1 aromatic carbocycles. The molecule has 0 spiro atoms. The van der Waals surface area contributed by atoms with Crippen LogP contribution in [0.25, 0.3) is 0 Å². The lowest BCUT2D eigenvalue weighted by atomic mass is 10.0. The van der Waals surface area contributed by atoms with Crippen molar-refractivity contribution in [2.75, 3.05) is 5.32 Å². The minimum Gasteiger partial charge on any atom is -0.477 e. The first-order valence-electron chi connectivity index (χ1n) is 5.83. The van der Waals surface area contributed by atoms with E-state index in [9.17, 15) is 4.79 Å². The smallest absolute Gasteiger partial charge is 0.352 e. The molecule has 0 radical (unpaired) electrons. The van der Waals surface area contributed by atoms with Crippen LogP contribution < -0.4 is 5.32 Å². The second kappa shape index (κ2) is 4.24. The maximum Gasteiger partial charge on any atom is 0.352 e. The van der Waals surface area contributed by atoms with Gasteiger partial charge >= 0.3 is 5.97 Å². The molecule has 2 aromatic rings. The van der Waals surface area contributed by atoms with E-state index in [1.165, 1.54) is 6.33 Å². The molecule has 1 unspecified atom stereocenters. The molecule has 6 nitrogen and oxygen atoms in total. The highest BCUT2D eigenvalue weighted by atomic mass is 16.4. The molecule has 2 heterocycles. The summed E-state index contributed by atoms with van der Waals surface area (Å²) in [6.07, 6.45) is 3.04. The number of aliphatic carboxylic acids is 1. The van der Waals surface area contributed by atoms with Crippen molar-refractivity contribution in [3.05, 3.63) is 53.5 Å². The minimum atomic E-state index is -1.01. The molecule has 1 aromatic heterocycles. The van der Waals surface area contributed by atoms with Crippen LogP contribution in [0.2, 0.25) is 0 Å². The van der Waals surface area contributed by atoms with Crippen LogP contribution in [0.3, 0.4) is 0 Å². The van der Waals surface area contributed by atoms with Crippen molar-refractivity contribution < 1.29 is 9.90 Å². The Morgan fingerprint density at radius 2 is 2.11 bits per heavy atom. The maximum absolute atomic E-state index is 11.1. The van der Waals surface area contributed by atoms with Gasteiger partial charge < -0.3 is 10.4 Å². The Morgan fingerprint density at radius 1 is 1.37 bits per heavy atom. The normalized spacial score (nSPS) is 17.3. The Morgan fingerprint density at radius 3 is 2.79 bits per heavy atom. The maximum atomic E-state index is 11.1. The largest absolute Gasteiger partial charge is 0.477 e.